The fraction of sp³-hybridized carbons (Fsp3) is 0.333. The zero-order chi connectivity index (χ0) is 8.97. The highest BCUT2D eigenvalue weighted by Gasteiger charge is 2.06. The molecule has 0 bridgehead atoms. The summed E-state index contributed by atoms with van der Waals surface area (Å²) in [5.41, 5.74) is 0.921. The summed E-state index contributed by atoms with van der Waals surface area (Å²) in [7, 11) is 1.73. The zero-order valence-corrected chi connectivity index (χ0v) is 7.61. The lowest BCUT2D eigenvalue weighted by Gasteiger charge is -2.11. The van der Waals surface area contributed by atoms with Crippen molar-refractivity contribution in [3.8, 4) is 0 Å². The van der Waals surface area contributed by atoms with Crippen LogP contribution in [0.3, 0.4) is 0 Å². The molecule has 0 spiro atoms. The van der Waals surface area contributed by atoms with Crippen molar-refractivity contribution < 1.29 is 4.39 Å². The van der Waals surface area contributed by atoms with Crippen LogP contribution in [0.5, 0.6) is 0 Å². The molecule has 1 nitrogen and oxygen atoms in total. The first-order chi connectivity index (χ1) is 5.77. The Kier molecular flexibility index (Phi) is 3.50. The molecule has 0 heterocycles. The van der Waals surface area contributed by atoms with Gasteiger partial charge in [0.15, 0.2) is 0 Å². The van der Waals surface area contributed by atoms with E-state index in [1.54, 1.807) is 19.2 Å². The Morgan fingerprint density at radius 1 is 1.42 bits per heavy atom. The summed E-state index contributed by atoms with van der Waals surface area (Å²) >= 11 is 5.69. The van der Waals surface area contributed by atoms with Gasteiger partial charge in [0.05, 0.1) is 6.04 Å². The molecule has 1 rings (SSSR count). The molecule has 1 atom stereocenters. The van der Waals surface area contributed by atoms with E-state index < -0.39 is 6.67 Å². The summed E-state index contributed by atoms with van der Waals surface area (Å²) < 4.78 is 12.3. The quantitative estimate of drug-likeness (QED) is 0.767. The third-order valence-electron chi connectivity index (χ3n) is 1.78. The maximum atomic E-state index is 12.3. The second-order valence-corrected chi connectivity index (χ2v) is 2.98. The minimum atomic E-state index is -0.405. The van der Waals surface area contributed by atoms with Gasteiger partial charge in [0.2, 0.25) is 0 Å². The van der Waals surface area contributed by atoms with E-state index >= 15 is 0 Å². The number of hydrogen-bond donors (Lipinski definition) is 1. The minimum Gasteiger partial charge on any atom is -0.311 e. The van der Waals surface area contributed by atoms with Gasteiger partial charge in [0.1, 0.15) is 6.67 Å². The highest BCUT2D eigenvalue weighted by molar-refractivity contribution is 6.30. The van der Waals surface area contributed by atoms with E-state index in [1.165, 1.54) is 0 Å². The molecule has 1 aromatic carbocycles. The lowest BCUT2D eigenvalue weighted by Crippen LogP contribution is -2.17. The Morgan fingerprint density at radius 3 is 2.42 bits per heavy atom. The molecular formula is C9H11ClFN. The van der Waals surface area contributed by atoms with Crippen molar-refractivity contribution in [1.82, 2.24) is 5.32 Å². The number of rotatable bonds is 3. The average molecular weight is 188 g/mol. The van der Waals surface area contributed by atoms with Crippen LogP contribution in [-0.2, 0) is 0 Å². The van der Waals surface area contributed by atoms with Gasteiger partial charge in [-0.05, 0) is 24.7 Å². The average Bonchev–Trinajstić information content (AvgIpc) is 2.10. The largest absolute Gasteiger partial charge is 0.311 e. The van der Waals surface area contributed by atoms with E-state index in [9.17, 15) is 4.39 Å². The Labute approximate surface area is 76.5 Å². The summed E-state index contributed by atoms with van der Waals surface area (Å²) in [6.45, 7) is -0.405. The molecule has 3 heteroatoms. The van der Waals surface area contributed by atoms with Gasteiger partial charge in [0, 0.05) is 5.02 Å². The normalized spacial score (nSPS) is 12.9. The van der Waals surface area contributed by atoms with Crippen molar-refractivity contribution >= 4 is 11.6 Å². The predicted molar refractivity (Wildman–Crippen MR) is 49.2 cm³/mol. The number of halogens is 2. The number of nitrogens with one attached hydrogen (secondary N) is 1. The molecule has 0 fully saturated rings. The molecule has 0 aliphatic carbocycles. The van der Waals surface area contributed by atoms with E-state index in [-0.39, 0.29) is 6.04 Å². The SMILES string of the molecule is CNC(CF)c1ccc(Cl)cc1. The van der Waals surface area contributed by atoms with Crippen LogP contribution >= 0.6 is 11.6 Å². The Morgan fingerprint density at radius 2 is 2.00 bits per heavy atom. The Bertz CT molecular complexity index is 231. The molecule has 0 aromatic heterocycles. The molecule has 0 aliphatic rings. The smallest absolute Gasteiger partial charge is 0.109 e. The molecule has 66 valence electrons. The van der Waals surface area contributed by atoms with Crippen molar-refractivity contribution in [3.63, 3.8) is 0 Å². The van der Waals surface area contributed by atoms with Gasteiger partial charge in [0.25, 0.3) is 0 Å². The van der Waals surface area contributed by atoms with Crippen molar-refractivity contribution in [1.29, 1.82) is 0 Å². The topological polar surface area (TPSA) is 12.0 Å². The van der Waals surface area contributed by atoms with Gasteiger partial charge in [-0.2, -0.15) is 0 Å². The second-order valence-electron chi connectivity index (χ2n) is 2.55. The van der Waals surface area contributed by atoms with Crippen LogP contribution in [-0.4, -0.2) is 13.7 Å². The summed E-state index contributed by atoms with van der Waals surface area (Å²) in [6.07, 6.45) is 0. The predicted octanol–water partition coefficient (Wildman–Crippen LogP) is 2.57. The van der Waals surface area contributed by atoms with Gasteiger partial charge < -0.3 is 5.32 Å². The molecule has 0 amide bonds. The highest BCUT2D eigenvalue weighted by atomic mass is 35.5. The van der Waals surface area contributed by atoms with Crippen molar-refractivity contribution in [2.75, 3.05) is 13.7 Å². The first-order valence-corrected chi connectivity index (χ1v) is 4.14. The minimum absolute atomic E-state index is 0.220. The number of hydrogen-bond acceptors (Lipinski definition) is 1. The summed E-state index contributed by atoms with van der Waals surface area (Å²) in [5, 5.41) is 3.54. The molecule has 0 radical (unpaired) electrons. The third-order valence-corrected chi connectivity index (χ3v) is 2.03. The lowest BCUT2D eigenvalue weighted by molar-refractivity contribution is 0.400. The standard InChI is InChI=1S/C9H11ClFN/c1-12-9(6-11)7-2-4-8(10)5-3-7/h2-5,9,12H,6H2,1H3. The highest BCUT2D eigenvalue weighted by Crippen LogP contribution is 2.16. The fourth-order valence-corrected chi connectivity index (χ4v) is 1.15. The van der Waals surface area contributed by atoms with Crippen LogP contribution in [0.4, 0.5) is 4.39 Å². The van der Waals surface area contributed by atoms with E-state index in [2.05, 4.69) is 5.32 Å². The molecule has 12 heavy (non-hydrogen) atoms. The van der Waals surface area contributed by atoms with E-state index in [4.69, 9.17) is 11.6 Å². The van der Waals surface area contributed by atoms with Gasteiger partial charge in [-0.1, -0.05) is 23.7 Å². The van der Waals surface area contributed by atoms with Crippen LogP contribution in [0.25, 0.3) is 0 Å². The molecule has 1 N–H and O–H groups in total. The molecule has 0 saturated carbocycles. The van der Waals surface area contributed by atoms with E-state index in [0.717, 1.165) is 5.56 Å². The van der Waals surface area contributed by atoms with Gasteiger partial charge >= 0.3 is 0 Å². The van der Waals surface area contributed by atoms with Gasteiger partial charge in [-0.3, -0.25) is 0 Å². The monoisotopic (exact) mass is 187 g/mol. The van der Waals surface area contributed by atoms with E-state index in [0.29, 0.717) is 5.02 Å². The zero-order valence-electron chi connectivity index (χ0n) is 6.85. The molecule has 1 aromatic rings. The summed E-state index contributed by atoms with van der Waals surface area (Å²) in [4.78, 5) is 0. The van der Waals surface area contributed by atoms with Crippen LogP contribution in [0.1, 0.15) is 11.6 Å². The van der Waals surface area contributed by atoms with Crippen LogP contribution in [0.2, 0.25) is 5.02 Å². The number of alkyl halides is 1. The van der Waals surface area contributed by atoms with Crippen molar-refractivity contribution in [2.24, 2.45) is 0 Å². The lowest BCUT2D eigenvalue weighted by atomic mass is 10.1. The first kappa shape index (κ1) is 9.49. The second kappa shape index (κ2) is 4.43. The Balaban J connectivity index is 2.80. The maximum Gasteiger partial charge on any atom is 0.109 e. The first-order valence-electron chi connectivity index (χ1n) is 3.76. The maximum absolute atomic E-state index is 12.3. The van der Waals surface area contributed by atoms with E-state index in [1.807, 2.05) is 12.1 Å². The molecule has 0 aliphatic heterocycles. The van der Waals surface area contributed by atoms with Gasteiger partial charge in [-0.25, -0.2) is 4.39 Å². The fourth-order valence-electron chi connectivity index (χ4n) is 1.03. The molecule has 1 unspecified atom stereocenters. The van der Waals surface area contributed by atoms with Crippen LogP contribution in [0.15, 0.2) is 24.3 Å². The Hall–Kier alpha value is -0.600. The van der Waals surface area contributed by atoms with Crippen LogP contribution < -0.4 is 5.32 Å². The summed E-state index contributed by atoms with van der Waals surface area (Å²) in [6, 6.07) is 6.95. The van der Waals surface area contributed by atoms with Crippen LogP contribution in [0, 0.1) is 0 Å². The number of benzene rings is 1. The molecule has 0 saturated heterocycles. The van der Waals surface area contributed by atoms with Gasteiger partial charge in [-0.15, -0.1) is 0 Å². The molecular weight excluding hydrogens is 177 g/mol. The van der Waals surface area contributed by atoms with Crippen molar-refractivity contribution in [3.05, 3.63) is 34.9 Å². The third kappa shape index (κ3) is 2.19. The summed E-state index contributed by atoms with van der Waals surface area (Å²) in [5.74, 6) is 0. The van der Waals surface area contributed by atoms with Crippen molar-refractivity contribution in [2.45, 2.75) is 6.04 Å².